The van der Waals surface area contributed by atoms with Crippen LogP contribution in [0.1, 0.15) is 38.5 Å². The lowest BCUT2D eigenvalue weighted by atomic mass is 10.1. The van der Waals surface area contributed by atoms with Crippen molar-refractivity contribution in [1.29, 1.82) is 0 Å². The summed E-state index contributed by atoms with van der Waals surface area (Å²) in [6.45, 7) is 3.28. The fraction of sp³-hybridized carbons (Fsp3) is 0.476. The number of carbonyl (C=O) groups is 2. The minimum absolute atomic E-state index is 0.0155. The molecule has 0 spiro atoms. The summed E-state index contributed by atoms with van der Waals surface area (Å²) in [4.78, 5) is 23.0. The highest BCUT2D eigenvalue weighted by molar-refractivity contribution is 5.90. The molecule has 8 heteroatoms. The van der Waals surface area contributed by atoms with E-state index >= 15 is 0 Å². The molecule has 0 bridgehead atoms. The van der Waals surface area contributed by atoms with E-state index in [0.29, 0.717) is 12.2 Å². The van der Waals surface area contributed by atoms with Gasteiger partial charge in [0.15, 0.2) is 5.82 Å². The highest BCUT2D eigenvalue weighted by Gasteiger charge is 2.12. The van der Waals surface area contributed by atoms with Crippen LogP contribution in [0.5, 0.6) is 5.75 Å². The maximum Gasteiger partial charge on any atom is 0.290 e. The number of aromatic nitrogens is 2. The number of carboxylic acid groups (broad SMARTS) is 1. The molecule has 1 aliphatic rings. The molecule has 1 fully saturated rings. The first-order chi connectivity index (χ1) is 14.2. The molecule has 0 aliphatic carbocycles. The Balaban J connectivity index is 0.000000941. The SMILES string of the molecule is COc1ccccc1-c1cc(NC(=O)CCCCN2CCCCC2)n[nH]1.O=CO. The number of carbonyl (C=O) groups excluding carboxylic acids is 1. The molecule has 1 saturated heterocycles. The average molecular weight is 402 g/mol. The van der Waals surface area contributed by atoms with Crippen LogP contribution in [0, 0.1) is 0 Å². The van der Waals surface area contributed by atoms with Gasteiger partial charge in [-0.15, -0.1) is 0 Å². The zero-order valence-electron chi connectivity index (χ0n) is 16.9. The number of hydrogen-bond acceptors (Lipinski definition) is 5. The summed E-state index contributed by atoms with van der Waals surface area (Å²) in [5.74, 6) is 1.33. The van der Waals surface area contributed by atoms with Crippen LogP contribution >= 0.6 is 0 Å². The molecule has 0 atom stereocenters. The van der Waals surface area contributed by atoms with E-state index in [1.54, 1.807) is 7.11 Å². The largest absolute Gasteiger partial charge is 0.496 e. The van der Waals surface area contributed by atoms with Crippen LogP contribution in [-0.2, 0) is 9.59 Å². The zero-order chi connectivity index (χ0) is 20.9. The molecule has 3 N–H and O–H groups in total. The standard InChI is InChI=1S/C20H28N4O2.CH2O2/c1-26-18-10-4-3-9-16(18)17-15-19(23-22-17)21-20(25)11-5-8-14-24-12-6-2-7-13-24;2-1-3/h3-4,9-10,15H,2,5-8,11-14H2,1H3,(H2,21,22,23,25);1H,(H,2,3). The molecule has 0 saturated carbocycles. The molecule has 0 radical (unpaired) electrons. The van der Waals surface area contributed by atoms with Gasteiger partial charge < -0.3 is 20.1 Å². The Hall–Kier alpha value is -2.87. The average Bonchev–Trinajstić information content (AvgIpc) is 3.20. The van der Waals surface area contributed by atoms with Gasteiger partial charge in [0.1, 0.15) is 5.75 Å². The molecule has 1 aromatic heterocycles. The molecule has 3 rings (SSSR count). The molecule has 1 amide bonds. The summed E-state index contributed by atoms with van der Waals surface area (Å²) in [7, 11) is 1.64. The van der Waals surface area contributed by atoms with E-state index in [2.05, 4.69) is 20.4 Å². The van der Waals surface area contributed by atoms with Gasteiger partial charge in [0.05, 0.1) is 12.8 Å². The van der Waals surface area contributed by atoms with Crippen molar-refractivity contribution in [2.24, 2.45) is 0 Å². The third-order valence-electron chi connectivity index (χ3n) is 4.82. The fourth-order valence-corrected chi connectivity index (χ4v) is 3.40. The summed E-state index contributed by atoms with van der Waals surface area (Å²) in [6, 6.07) is 9.56. The number of ether oxygens (including phenoxy) is 1. The van der Waals surface area contributed by atoms with Crippen LogP contribution < -0.4 is 10.1 Å². The minimum atomic E-state index is -0.250. The molecule has 158 valence electrons. The number of unbranched alkanes of at least 4 members (excludes halogenated alkanes) is 1. The van der Waals surface area contributed by atoms with E-state index in [9.17, 15) is 4.79 Å². The van der Waals surface area contributed by atoms with Gasteiger partial charge in [0.2, 0.25) is 5.91 Å². The molecule has 29 heavy (non-hydrogen) atoms. The maximum atomic E-state index is 12.1. The van der Waals surface area contributed by atoms with Crippen molar-refractivity contribution < 1.29 is 19.4 Å². The van der Waals surface area contributed by atoms with Crippen LogP contribution in [0.15, 0.2) is 30.3 Å². The molecular weight excluding hydrogens is 372 g/mol. The van der Waals surface area contributed by atoms with Crippen molar-refractivity contribution in [3.05, 3.63) is 30.3 Å². The van der Waals surface area contributed by atoms with Gasteiger partial charge >= 0.3 is 0 Å². The molecular formula is C21H30N4O4. The lowest BCUT2D eigenvalue weighted by Gasteiger charge is -2.26. The summed E-state index contributed by atoms with van der Waals surface area (Å²) < 4.78 is 5.37. The van der Waals surface area contributed by atoms with E-state index in [0.717, 1.165) is 36.4 Å². The maximum absolute atomic E-state index is 12.1. The molecule has 1 aromatic carbocycles. The molecule has 1 aliphatic heterocycles. The second-order valence-corrected chi connectivity index (χ2v) is 6.88. The Kier molecular flexibility index (Phi) is 9.71. The topological polar surface area (TPSA) is 108 Å². The van der Waals surface area contributed by atoms with Crippen molar-refractivity contribution in [2.75, 3.05) is 32.1 Å². The number of H-pyrrole nitrogens is 1. The Morgan fingerprint density at radius 1 is 1.28 bits per heavy atom. The van der Waals surface area contributed by atoms with Gasteiger partial charge in [-0.25, -0.2) is 0 Å². The van der Waals surface area contributed by atoms with Gasteiger partial charge in [-0.3, -0.25) is 14.7 Å². The Morgan fingerprint density at radius 2 is 2.00 bits per heavy atom. The van der Waals surface area contributed by atoms with Crippen molar-refractivity contribution >= 4 is 18.2 Å². The Labute approximate surface area is 171 Å². The van der Waals surface area contributed by atoms with Crippen LogP contribution in [-0.4, -0.2) is 59.3 Å². The number of rotatable bonds is 8. The number of amides is 1. The first kappa shape index (κ1) is 22.4. The fourth-order valence-electron chi connectivity index (χ4n) is 3.40. The number of para-hydroxylation sites is 1. The smallest absolute Gasteiger partial charge is 0.290 e. The second-order valence-electron chi connectivity index (χ2n) is 6.88. The van der Waals surface area contributed by atoms with Gasteiger partial charge in [-0.05, 0) is 57.5 Å². The third kappa shape index (κ3) is 7.57. The molecule has 0 unspecified atom stereocenters. The lowest BCUT2D eigenvalue weighted by Crippen LogP contribution is -2.30. The van der Waals surface area contributed by atoms with Gasteiger partial charge in [-0.1, -0.05) is 18.6 Å². The van der Waals surface area contributed by atoms with Crippen molar-refractivity contribution in [3.63, 3.8) is 0 Å². The molecule has 2 heterocycles. The van der Waals surface area contributed by atoms with E-state index in [1.165, 1.54) is 32.4 Å². The summed E-state index contributed by atoms with van der Waals surface area (Å²) in [6.07, 6.45) is 6.50. The number of anilines is 1. The number of nitrogens with one attached hydrogen (secondary N) is 2. The van der Waals surface area contributed by atoms with Crippen LogP contribution in [0.2, 0.25) is 0 Å². The summed E-state index contributed by atoms with van der Waals surface area (Å²) in [5, 5.41) is 16.9. The highest BCUT2D eigenvalue weighted by atomic mass is 16.5. The van der Waals surface area contributed by atoms with E-state index < -0.39 is 0 Å². The van der Waals surface area contributed by atoms with Gasteiger partial charge in [0, 0.05) is 18.1 Å². The Bertz CT molecular complexity index is 757. The number of aromatic amines is 1. The number of likely N-dealkylation sites (tertiary alicyclic amines) is 1. The van der Waals surface area contributed by atoms with Gasteiger partial charge in [-0.2, -0.15) is 5.10 Å². The number of methoxy groups -OCH3 is 1. The predicted molar refractivity (Wildman–Crippen MR) is 112 cm³/mol. The number of hydrogen-bond donors (Lipinski definition) is 3. The van der Waals surface area contributed by atoms with Gasteiger partial charge in [0.25, 0.3) is 6.47 Å². The van der Waals surface area contributed by atoms with Crippen LogP contribution in [0.25, 0.3) is 11.3 Å². The number of benzene rings is 1. The van der Waals surface area contributed by atoms with E-state index in [4.69, 9.17) is 14.6 Å². The quantitative estimate of drug-likeness (QED) is 0.461. The predicted octanol–water partition coefficient (Wildman–Crippen LogP) is 3.38. The molecule has 8 nitrogen and oxygen atoms in total. The van der Waals surface area contributed by atoms with E-state index in [-0.39, 0.29) is 12.4 Å². The van der Waals surface area contributed by atoms with Crippen molar-refractivity contribution in [3.8, 4) is 17.0 Å². The van der Waals surface area contributed by atoms with E-state index in [1.807, 2.05) is 30.3 Å². The zero-order valence-corrected chi connectivity index (χ0v) is 16.9. The van der Waals surface area contributed by atoms with Crippen LogP contribution in [0.4, 0.5) is 5.82 Å². The second kappa shape index (κ2) is 12.6. The lowest BCUT2D eigenvalue weighted by molar-refractivity contribution is -0.123. The summed E-state index contributed by atoms with van der Waals surface area (Å²) in [5.41, 5.74) is 1.74. The first-order valence-electron chi connectivity index (χ1n) is 9.96. The first-order valence-corrected chi connectivity index (χ1v) is 9.96. The van der Waals surface area contributed by atoms with Crippen molar-refractivity contribution in [2.45, 2.75) is 38.5 Å². The highest BCUT2D eigenvalue weighted by Crippen LogP contribution is 2.29. The minimum Gasteiger partial charge on any atom is -0.496 e. The number of piperidine rings is 1. The monoisotopic (exact) mass is 402 g/mol. The number of nitrogens with zero attached hydrogens (tertiary/aromatic N) is 2. The Morgan fingerprint density at radius 3 is 2.72 bits per heavy atom. The third-order valence-corrected chi connectivity index (χ3v) is 4.82. The van der Waals surface area contributed by atoms with Crippen LogP contribution in [0.3, 0.4) is 0 Å². The molecule has 2 aromatic rings. The summed E-state index contributed by atoms with van der Waals surface area (Å²) >= 11 is 0. The van der Waals surface area contributed by atoms with Crippen molar-refractivity contribution in [1.82, 2.24) is 15.1 Å². The normalized spacial score (nSPS) is 13.8.